The summed E-state index contributed by atoms with van der Waals surface area (Å²) in [6.07, 6.45) is 6.37. The summed E-state index contributed by atoms with van der Waals surface area (Å²) in [6, 6.07) is -0.0173. The molecular formula is C19H37N3O5. The number of nitrogens with zero attached hydrogens (tertiary/aromatic N) is 1. The minimum Gasteiger partial charge on any atom is -0.382 e. The first kappa shape index (κ1) is 23.8. The molecule has 0 saturated carbocycles. The van der Waals surface area contributed by atoms with Gasteiger partial charge in [0.25, 0.3) is 0 Å². The van der Waals surface area contributed by atoms with Crippen LogP contribution in [0, 0.1) is 0 Å². The van der Waals surface area contributed by atoms with Gasteiger partial charge in [0, 0.05) is 32.7 Å². The minimum absolute atomic E-state index is 0.0173. The molecule has 1 rings (SSSR count). The summed E-state index contributed by atoms with van der Waals surface area (Å²) in [5.41, 5.74) is 5.46. The lowest BCUT2D eigenvalue weighted by atomic mass is 10.1. The van der Waals surface area contributed by atoms with Crippen LogP contribution in [0.4, 0.5) is 0 Å². The Kier molecular flexibility index (Phi) is 13.9. The Balaban J connectivity index is 2.14. The van der Waals surface area contributed by atoms with E-state index >= 15 is 0 Å². The number of nitrogens with one attached hydrogen (secondary N) is 1. The number of rotatable bonds is 16. The third-order valence-corrected chi connectivity index (χ3v) is 4.60. The number of carbonyl (C=O) groups is 2. The van der Waals surface area contributed by atoms with Crippen LogP contribution in [0.3, 0.4) is 0 Å². The molecule has 1 saturated heterocycles. The maximum atomic E-state index is 12.3. The Morgan fingerprint density at radius 1 is 1.07 bits per heavy atom. The predicted molar refractivity (Wildman–Crippen MR) is 103 cm³/mol. The van der Waals surface area contributed by atoms with Crippen LogP contribution in [-0.2, 0) is 23.8 Å². The van der Waals surface area contributed by atoms with Gasteiger partial charge in [0.05, 0.1) is 26.4 Å². The zero-order valence-corrected chi connectivity index (χ0v) is 16.7. The van der Waals surface area contributed by atoms with Crippen molar-refractivity contribution >= 4 is 11.8 Å². The fraction of sp³-hybridized carbons (Fsp3) is 0.895. The molecule has 0 radical (unpaired) electrons. The summed E-state index contributed by atoms with van der Waals surface area (Å²) in [7, 11) is 1.62. The lowest BCUT2D eigenvalue weighted by Crippen LogP contribution is -2.41. The first-order valence-corrected chi connectivity index (χ1v) is 10.1. The van der Waals surface area contributed by atoms with E-state index in [2.05, 4.69) is 5.32 Å². The average Bonchev–Trinajstić information content (AvgIpc) is 3.11. The number of methoxy groups -OCH3 is 1. The van der Waals surface area contributed by atoms with Crippen molar-refractivity contribution in [3.8, 4) is 0 Å². The van der Waals surface area contributed by atoms with Crippen LogP contribution < -0.4 is 11.1 Å². The molecule has 2 amide bonds. The average molecular weight is 388 g/mol. The summed E-state index contributed by atoms with van der Waals surface area (Å²) in [5, 5.41) is 2.96. The number of ether oxygens (including phenoxy) is 3. The molecule has 8 nitrogen and oxygen atoms in total. The van der Waals surface area contributed by atoms with Crippen molar-refractivity contribution in [1.82, 2.24) is 10.2 Å². The van der Waals surface area contributed by atoms with Gasteiger partial charge in [-0.05, 0) is 32.2 Å². The number of likely N-dealkylation sites (tertiary alicyclic amines) is 1. The highest BCUT2D eigenvalue weighted by molar-refractivity contribution is 5.80. The number of carbonyl (C=O) groups excluding carboxylic acids is 2. The van der Waals surface area contributed by atoms with Crippen molar-refractivity contribution in [3.63, 3.8) is 0 Å². The fourth-order valence-corrected chi connectivity index (χ4v) is 3.12. The third kappa shape index (κ3) is 11.3. The Morgan fingerprint density at radius 2 is 1.81 bits per heavy atom. The second-order valence-corrected chi connectivity index (χ2v) is 6.80. The van der Waals surface area contributed by atoms with Gasteiger partial charge in [0.1, 0.15) is 6.61 Å². The highest BCUT2D eigenvalue weighted by atomic mass is 16.5. The smallest absolute Gasteiger partial charge is 0.248 e. The molecule has 1 unspecified atom stereocenters. The van der Waals surface area contributed by atoms with E-state index < -0.39 is 0 Å². The Labute approximate surface area is 163 Å². The monoisotopic (exact) mass is 387 g/mol. The zero-order chi connectivity index (χ0) is 19.7. The van der Waals surface area contributed by atoms with E-state index in [1.165, 1.54) is 0 Å². The lowest BCUT2D eigenvalue weighted by molar-refractivity contribution is -0.138. The van der Waals surface area contributed by atoms with E-state index in [0.717, 1.165) is 45.1 Å². The molecule has 0 bridgehead atoms. The van der Waals surface area contributed by atoms with Crippen LogP contribution in [0.15, 0.2) is 0 Å². The molecular weight excluding hydrogens is 350 g/mol. The number of unbranched alkanes of at least 4 members (excludes halogenated alkanes) is 3. The van der Waals surface area contributed by atoms with E-state index in [0.29, 0.717) is 45.9 Å². The van der Waals surface area contributed by atoms with Gasteiger partial charge in [-0.15, -0.1) is 0 Å². The molecule has 0 spiro atoms. The summed E-state index contributed by atoms with van der Waals surface area (Å²) < 4.78 is 15.6. The topological polar surface area (TPSA) is 103 Å². The maximum absolute atomic E-state index is 12.3. The van der Waals surface area contributed by atoms with Crippen molar-refractivity contribution in [2.75, 3.05) is 59.8 Å². The molecule has 1 atom stereocenters. The summed E-state index contributed by atoms with van der Waals surface area (Å²) in [5.74, 6) is -0.0324. The van der Waals surface area contributed by atoms with E-state index in [9.17, 15) is 9.59 Å². The lowest BCUT2D eigenvalue weighted by Gasteiger charge is -2.24. The molecule has 1 aliphatic rings. The highest BCUT2D eigenvalue weighted by Gasteiger charge is 2.30. The van der Waals surface area contributed by atoms with Gasteiger partial charge in [-0.1, -0.05) is 12.8 Å². The standard InChI is InChI=1S/C19H37N3O5/c1-25-11-12-26-13-14-27-16-19(24)22-10-6-7-17(22)15-18(23)21-9-5-3-2-4-8-20/h17H,2-16,20H2,1H3,(H,21,23). The normalized spacial score (nSPS) is 16.7. The van der Waals surface area contributed by atoms with E-state index in [1.807, 2.05) is 0 Å². The number of hydrogen-bond acceptors (Lipinski definition) is 6. The molecule has 158 valence electrons. The van der Waals surface area contributed by atoms with Crippen LogP contribution in [0.5, 0.6) is 0 Å². The summed E-state index contributed by atoms with van der Waals surface area (Å²) in [4.78, 5) is 26.2. The second-order valence-electron chi connectivity index (χ2n) is 6.80. The largest absolute Gasteiger partial charge is 0.382 e. The summed E-state index contributed by atoms with van der Waals surface area (Å²) >= 11 is 0. The van der Waals surface area contributed by atoms with Gasteiger partial charge in [-0.3, -0.25) is 9.59 Å². The van der Waals surface area contributed by atoms with Crippen LogP contribution in [-0.4, -0.2) is 82.5 Å². The third-order valence-electron chi connectivity index (χ3n) is 4.60. The molecule has 0 aromatic carbocycles. The molecule has 1 heterocycles. The Bertz CT molecular complexity index is 409. The van der Waals surface area contributed by atoms with Gasteiger partial charge >= 0.3 is 0 Å². The molecule has 1 fully saturated rings. The number of nitrogens with two attached hydrogens (primary N) is 1. The molecule has 3 N–H and O–H groups in total. The predicted octanol–water partition coefficient (Wildman–Crippen LogP) is 0.682. The van der Waals surface area contributed by atoms with Crippen molar-refractivity contribution < 1.29 is 23.8 Å². The molecule has 8 heteroatoms. The van der Waals surface area contributed by atoms with E-state index in [4.69, 9.17) is 19.9 Å². The van der Waals surface area contributed by atoms with E-state index in [-0.39, 0.29) is 24.5 Å². The van der Waals surface area contributed by atoms with Crippen molar-refractivity contribution in [2.45, 2.75) is 51.0 Å². The van der Waals surface area contributed by atoms with Gasteiger partial charge < -0.3 is 30.2 Å². The SMILES string of the molecule is COCCOCCOCC(=O)N1CCCC1CC(=O)NCCCCCCN. The summed E-state index contributed by atoms with van der Waals surface area (Å²) in [6.45, 7) is 4.02. The first-order chi connectivity index (χ1) is 13.2. The molecule has 0 aromatic heterocycles. The van der Waals surface area contributed by atoms with Crippen LogP contribution >= 0.6 is 0 Å². The van der Waals surface area contributed by atoms with Crippen molar-refractivity contribution in [2.24, 2.45) is 5.73 Å². The molecule has 0 aromatic rings. The first-order valence-electron chi connectivity index (χ1n) is 10.1. The molecule has 27 heavy (non-hydrogen) atoms. The van der Waals surface area contributed by atoms with Gasteiger partial charge in [0.15, 0.2) is 0 Å². The number of hydrogen-bond donors (Lipinski definition) is 2. The van der Waals surface area contributed by atoms with Gasteiger partial charge in [-0.25, -0.2) is 0 Å². The van der Waals surface area contributed by atoms with Gasteiger partial charge in [-0.2, -0.15) is 0 Å². The van der Waals surface area contributed by atoms with Crippen LogP contribution in [0.1, 0.15) is 44.9 Å². The zero-order valence-electron chi connectivity index (χ0n) is 16.7. The minimum atomic E-state index is -0.0519. The second kappa shape index (κ2) is 15.8. The van der Waals surface area contributed by atoms with E-state index in [1.54, 1.807) is 12.0 Å². The Hall–Kier alpha value is -1.22. The van der Waals surface area contributed by atoms with Gasteiger partial charge in [0.2, 0.25) is 11.8 Å². The highest BCUT2D eigenvalue weighted by Crippen LogP contribution is 2.20. The van der Waals surface area contributed by atoms with Crippen molar-refractivity contribution in [1.29, 1.82) is 0 Å². The quantitative estimate of drug-likeness (QED) is 0.378. The molecule has 0 aliphatic carbocycles. The van der Waals surface area contributed by atoms with Crippen molar-refractivity contribution in [3.05, 3.63) is 0 Å². The maximum Gasteiger partial charge on any atom is 0.248 e. The fourth-order valence-electron chi connectivity index (χ4n) is 3.12. The van der Waals surface area contributed by atoms with Crippen LogP contribution in [0.2, 0.25) is 0 Å². The number of amides is 2. The molecule has 1 aliphatic heterocycles. The Morgan fingerprint density at radius 3 is 2.59 bits per heavy atom. The van der Waals surface area contributed by atoms with Crippen LogP contribution in [0.25, 0.3) is 0 Å².